The first kappa shape index (κ1) is 19.7. The topological polar surface area (TPSA) is 53.1 Å². The van der Waals surface area contributed by atoms with Crippen molar-refractivity contribution < 1.29 is 14.3 Å². The molecule has 6 heteroatoms. The van der Waals surface area contributed by atoms with Gasteiger partial charge < -0.3 is 14.5 Å². The summed E-state index contributed by atoms with van der Waals surface area (Å²) in [7, 11) is 2.09. The van der Waals surface area contributed by atoms with E-state index >= 15 is 0 Å². The predicted octanol–water partition coefficient (Wildman–Crippen LogP) is 2.73. The number of hydrogen-bond donors (Lipinski definition) is 0. The minimum Gasteiger partial charge on any atom is -0.445 e. The van der Waals surface area contributed by atoms with Crippen LogP contribution in [0.3, 0.4) is 0 Å². The average molecular weight is 373 g/mol. The van der Waals surface area contributed by atoms with Crippen molar-refractivity contribution in [3.8, 4) is 0 Å². The molecular formula is C21H31N3O3. The lowest BCUT2D eigenvalue weighted by atomic mass is 10.1. The van der Waals surface area contributed by atoms with Crippen molar-refractivity contribution in [2.24, 2.45) is 0 Å². The molecule has 0 saturated carbocycles. The maximum Gasteiger partial charge on any atom is 0.411 e. The molecule has 2 saturated heterocycles. The number of piperazine rings is 1. The fraction of sp³-hybridized carbons (Fsp3) is 0.619. The minimum absolute atomic E-state index is 0.0718. The molecule has 0 aromatic heterocycles. The zero-order valence-electron chi connectivity index (χ0n) is 16.6. The molecule has 1 aromatic carbocycles. The Kier molecular flexibility index (Phi) is 6.37. The standard InChI is InChI=1S/C21H31N3O3/c1-4-18-10-11-19(20(25)23-13-12-22(3)16(2)14-23)24(18)21(26)27-15-17-8-6-5-7-9-17/h5-9,16,18-19H,4,10-15H2,1-3H3/t16-,18?,19+/m1/s1. The van der Waals surface area contributed by atoms with Crippen molar-refractivity contribution in [3.63, 3.8) is 0 Å². The molecule has 3 rings (SSSR count). The molecule has 148 valence electrons. The van der Waals surface area contributed by atoms with E-state index in [9.17, 15) is 9.59 Å². The van der Waals surface area contributed by atoms with E-state index < -0.39 is 6.04 Å². The van der Waals surface area contributed by atoms with Gasteiger partial charge in [0, 0.05) is 31.7 Å². The van der Waals surface area contributed by atoms with Crippen molar-refractivity contribution in [1.29, 1.82) is 0 Å². The molecule has 2 amide bonds. The molecule has 0 radical (unpaired) electrons. The Balaban J connectivity index is 1.66. The normalized spacial score (nSPS) is 26.3. The summed E-state index contributed by atoms with van der Waals surface area (Å²) >= 11 is 0. The van der Waals surface area contributed by atoms with Gasteiger partial charge in [0.05, 0.1) is 0 Å². The molecule has 0 N–H and O–H groups in total. The fourth-order valence-corrected chi connectivity index (χ4v) is 4.06. The average Bonchev–Trinajstić information content (AvgIpc) is 3.12. The second-order valence-corrected chi connectivity index (χ2v) is 7.72. The number of likely N-dealkylation sites (tertiary alicyclic amines) is 1. The van der Waals surface area contributed by atoms with Crippen LogP contribution >= 0.6 is 0 Å². The monoisotopic (exact) mass is 373 g/mol. The third-order valence-electron chi connectivity index (χ3n) is 5.95. The summed E-state index contributed by atoms with van der Waals surface area (Å²) in [4.78, 5) is 31.9. The second-order valence-electron chi connectivity index (χ2n) is 7.72. The van der Waals surface area contributed by atoms with Crippen molar-refractivity contribution in [1.82, 2.24) is 14.7 Å². The van der Waals surface area contributed by atoms with Gasteiger partial charge in [-0.1, -0.05) is 37.3 Å². The van der Waals surface area contributed by atoms with Crippen LogP contribution in [0.5, 0.6) is 0 Å². The number of likely N-dealkylation sites (N-methyl/N-ethyl adjacent to an activating group) is 1. The zero-order valence-corrected chi connectivity index (χ0v) is 16.6. The lowest BCUT2D eigenvalue weighted by Crippen LogP contribution is -2.57. The molecule has 27 heavy (non-hydrogen) atoms. The molecule has 3 atom stereocenters. The van der Waals surface area contributed by atoms with Crippen LogP contribution in [-0.4, -0.2) is 71.5 Å². The number of carbonyl (C=O) groups is 2. The molecule has 6 nitrogen and oxygen atoms in total. The molecule has 2 heterocycles. The van der Waals surface area contributed by atoms with E-state index in [0.29, 0.717) is 6.04 Å². The number of nitrogens with zero attached hydrogens (tertiary/aromatic N) is 3. The van der Waals surface area contributed by atoms with Crippen LogP contribution in [-0.2, 0) is 16.1 Å². The van der Waals surface area contributed by atoms with Gasteiger partial charge in [0.1, 0.15) is 12.6 Å². The maximum atomic E-state index is 13.2. The summed E-state index contributed by atoms with van der Waals surface area (Å²) in [6.07, 6.45) is 2.04. The van der Waals surface area contributed by atoms with Crippen molar-refractivity contribution >= 4 is 12.0 Å². The third kappa shape index (κ3) is 4.43. The summed E-state index contributed by atoms with van der Waals surface area (Å²) in [6.45, 7) is 6.74. The van der Waals surface area contributed by atoms with Crippen LogP contribution in [0.1, 0.15) is 38.7 Å². The van der Waals surface area contributed by atoms with Gasteiger partial charge in [0.15, 0.2) is 0 Å². The van der Waals surface area contributed by atoms with Gasteiger partial charge in [-0.2, -0.15) is 0 Å². The Hall–Kier alpha value is -2.08. The molecule has 0 spiro atoms. The number of ether oxygens (including phenoxy) is 1. The molecule has 1 unspecified atom stereocenters. The molecule has 0 aliphatic carbocycles. The first-order valence-electron chi connectivity index (χ1n) is 9.99. The van der Waals surface area contributed by atoms with Crippen molar-refractivity contribution in [2.75, 3.05) is 26.7 Å². The first-order valence-corrected chi connectivity index (χ1v) is 9.99. The summed E-state index contributed by atoms with van der Waals surface area (Å²) in [5.41, 5.74) is 0.953. The first-order chi connectivity index (χ1) is 13.0. The number of rotatable bonds is 4. The number of hydrogen-bond acceptors (Lipinski definition) is 4. The van der Waals surface area contributed by atoms with E-state index in [2.05, 4.69) is 25.8 Å². The molecule has 0 bridgehead atoms. The number of benzene rings is 1. The number of amides is 2. The Morgan fingerprint density at radius 3 is 2.56 bits per heavy atom. The molecule has 2 aliphatic rings. The quantitative estimate of drug-likeness (QED) is 0.814. The van der Waals surface area contributed by atoms with Crippen LogP contribution < -0.4 is 0 Å². The highest BCUT2D eigenvalue weighted by Crippen LogP contribution is 2.29. The largest absolute Gasteiger partial charge is 0.445 e. The summed E-state index contributed by atoms with van der Waals surface area (Å²) in [5, 5.41) is 0. The van der Waals surface area contributed by atoms with Crippen molar-refractivity contribution in [3.05, 3.63) is 35.9 Å². The van der Waals surface area contributed by atoms with Crippen LogP contribution in [0.2, 0.25) is 0 Å². The van der Waals surface area contributed by atoms with Crippen LogP contribution in [0.15, 0.2) is 30.3 Å². The zero-order chi connectivity index (χ0) is 19.4. The van der Waals surface area contributed by atoms with E-state index in [0.717, 1.165) is 44.5 Å². The number of carbonyl (C=O) groups excluding carboxylic acids is 2. The minimum atomic E-state index is -0.395. The Morgan fingerprint density at radius 2 is 1.89 bits per heavy atom. The second kappa shape index (κ2) is 8.74. The van der Waals surface area contributed by atoms with Gasteiger partial charge in [0.2, 0.25) is 5.91 Å². The summed E-state index contributed by atoms with van der Waals surface area (Å²) in [5.74, 6) is 0.0718. The Bertz CT molecular complexity index is 651. The lowest BCUT2D eigenvalue weighted by Gasteiger charge is -2.40. The van der Waals surface area contributed by atoms with Crippen molar-refractivity contribution in [2.45, 2.75) is 57.8 Å². The van der Waals surface area contributed by atoms with Gasteiger partial charge in [-0.3, -0.25) is 9.69 Å². The van der Waals surface area contributed by atoms with Gasteiger partial charge in [-0.25, -0.2) is 4.79 Å². The van der Waals surface area contributed by atoms with Crippen LogP contribution in [0.25, 0.3) is 0 Å². The van der Waals surface area contributed by atoms with Crippen LogP contribution in [0, 0.1) is 0 Å². The molecule has 2 fully saturated rings. The highest BCUT2D eigenvalue weighted by Gasteiger charge is 2.43. The van der Waals surface area contributed by atoms with Gasteiger partial charge in [-0.15, -0.1) is 0 Å². The Labute approximate surface area is 162 Å². The van der Waals surface area contributed by atoms with E-state index in [1.807, 2.05) is 35.2 Å². The molecular weight excluding hydrogens is 342 g/mol. The predicted molar refractivity (Wildman–Crippen MR) is 104 cm³/mol. The Morgan fingerprint density at radius 1 is 1.15 bits per heavy atom. The lowest BCUT2D eigenvalue weighted by molar-refractivity contribution is -0.138. The van der Waals surface area contributed by atoms with Gasteiger partial charge in [-0.05, 0) is 38.8 Å². The molecule has 2 aliphatic heterocycles. The van der Waals surface area contributed by atoms with E-state index in [4.69, 9.17) is 4.74 Å². The van der Waals surface area contributed by atoms with Gasteiger partial charge >= 0.3 is 6.09 Å². The van der Waals surface area contributed by atoms with Gasteiger partial charge in [0.25, 0.3) is 0 Å². The molecule has 1 aromatic rings. The SMILES string of the molecule is CCC1CC[C@@H](C(=O)N2CCN(C)[C@H](C)C2)N1C(=O)OCc1ccccc1. The summed E-state index contributed by atoms with van der Waals surface area (Å²) in [6, 6.07) is 9.67. The van der Waals surface area contributed by atoms with E-state index in [1.54, 1.807) is 4.90 Å². The fourth-order valence-electron chi connectivity index (χ4n) is 4.06. The van der Waals surface area contributed by atoms with E-state index in [1.165, 1.54) is 0 Å². The van der Waals surface area contributed by atoms with E-state index in [-0.39, 0.29) is 24.6 Å². The third-order valence-corrected chi connectivity index (χ3v) is 5.95. The highest BCUT2D eigenvalue weighted by molar-refractivity contribution is 5.86. The summed E-state index contributed by atoms with van der Waals surface area (Å²) < 4.78 is 5.56. The van der Waals surface area contributed by atoms with Crippen LogP contribution in [0.4, 0.5) is 4.79 Å². The maximum absolute atomic E-state index is 13.2. The smallest absolute Gasteiger partial charge is 0.411 e. The highest BCUT2D eigenvalue weighted by atomic mass is 16.6.